The lowest BCUT2D eigenvalue weighted by Crippen LogP contribution is -1.97. The minimum atomic E-state index is 0.140. The van der Waals surface area contributed by atoms with E-state index >= 15 is 0 Å². The number of aromatic nitrogens is 1. The van der Waals surface area contributed by atoms with Crippen molar-refractivity contribution in [2.45, 2.75) is 4.95 Å². The number of para-hydroxylation sites is 2. The largest absolute Gasteiger partial charge is 0.324 e. The second kappa shape index (κ2) is 4.90. The topological polar surface area (TPSA) is 4.93 Å². The molecule has 1 atom stereocenters. The van der Waals surface area contributed by atoms with E-state index in [0.29, 0.717) is 0 Å². The Morgan fingerprint density at radius 3 is 1.89 bits per heavy atom. The molecule has 0 bridgehead atoms. The normalized spacial score (nSPS) is 13.7. The Hall–Kier alpha value is -1.06. The second-order valence-electron chi connectivity index (χ2n) is 4.10. The van der Waals surface area contributed by atoms with Crippen LogP contribution >= 0.6 is 31.9 Å². The van der Waals surface area contributed by atoms with Gasteiger partial charge in [-0.1, -0.05) is 68.3 Å². The molecule has 0 amide bonds. The molecule has 0 aliphatic carbocycles. The number of halogens is 2. The monoisotopic (exact) mass is 363 g/mol. The summed E-state index contributed by atoms with van der Waals surface area (Å²) in [6, 6.07) is 17.0. The zero-order valence-corrected chi connectivity index (χ0v) is 12.7. The summed E-state index contributed by atoms with van der Waals surface area (Å²) in [5.41, 5.74) is 2.48. The summed E-state index contributed by atoms with van der Waals surface area (Å²) in [5.74, 6) is 0. The zero-order chi connectivity index (χ0) is 12.5. The number of alkyl halides is 1. The molecule has 18 heavy (non-hydrogen) atoms. The summed E-state index contributed by atoms with van der Waals surface area (Å²) in [4.78, 5) is 2.03. The van der Waals surface area contributed by atoms with Gasteiger partial charge in [0.25, 0.3) is 0 Å². The molecule has 0 aliphatic heterocycles. The molecule has 0 aliphatic rings. The van der Waals surface area contributed by atoms with Crippen molar-refractivity contribution in [3.63, 3.8) is 0 Å². The van der Waals surface area contributed by atoms with E-state index in [1.54, 1.807) is 0 Å². The van der Waals surface area contributed by atoms with E-state index in [4.69, 9.17) is 0 Å². The second-order valence-corrected chi connectivity index (χ2v) is 5.56. The van der Waals surface area contributed by atoms with Crippen molar-refractivity contribution in [3.05, 3.63) is 59.6 Å². The first kappa shape index (κ1) is 12.0. The average Bonchev–Trinajstić information content (AvgIpc) is 2.73. The fourth-order valence-electron chi connectivity index (χ4n) is 2.36. The molecule has 0 saturated carbocycles. The standard InChI is InChI=1S/C15H11Br2N/c16-10-9-15(17)18-13-7-3-1-5-11(13)12-6-2-4-8-14(12)18/h1-10,15H. The van der Waals surface area contributed by atoms with Crippen molar-refractivity contribution in [1.29, 1.82) is 0 Å². The smallest absolute Gasteiger partial charge is 0.109 e. The molecular formula is C15H11Br2N. The predicted molar refractivity (Wildman–Crippen MR) is 85.5 cm³/mol. The van der Waals surface area contributed by atoms with Crippen LogP contribution in [0.5, 0.6) is 0 Å². The minimum absolute atomic E-state index is 0.140. The Morgan fingerprint density at radius 2 is 1.39 bits per heavy atom. The van der Waals surface area contributed by atoms with Gasteiger partial charge < -0.3 is 4.57 Å². The molecule has 0 spiro atoms. The minimum Gasteiger partial charge on any atom is -0.324 e. The third-order valence-corrected chi connectivity index (χ3v) is 4.12. The van der Waals surface area contributed by atoms with Crippen molar-refractivity contribution in [1.82, 2.24) is 4.57 Å². The van der Waals surface area contributed by atoms with Gasteiger partial charge in [0.15, 0.2) is 0 Å². The van der Waals surface area contributed by atoms with Gasteiger partial charge >= 0.3 is 0 Å². The predicted octanol–water partition coefficient (Wildman–Crippen LogP) is 5.60. The van der Waals surface area contributed by atoms with Crippen LogP contribution in [0.1, 0.15) is 4.95 Å². The fourth-order valence-corrected chi connectivity index (χ4v) is 3.66. The number of allylic oxidation sites excluding steroid dienone is 1. The molecule has 1 aromatic heterocycles. The maximum absolute atomic E-state index is 3.71. The molecule has 0 fully saturated rings. The Morgan fingerprint density at radius 1 is 0.889 bits per heavy atom. The van der Waals surface area contributed by atoms with Crippen molar-refractivity contribution in [2.75, 3.05) is 0 Å². The molecule has 3 aromatic rings. The molecule has 2 aromatic carbocycles. The molecule has 0 N–H and O–H groups in total. The van der Waals surface area contributed by atoms with Gasteiger partial charge in [0.1, 0.15) is 4.95 Å². The molecule has 0 radical (unpaired) electrons. The molecule has 1 unspecified atom stereocenters. The summed E-state index contributed by atoms with van der Waals surface area (Å²) >= 11 is 7.05. The highest BCUT2D eigenvalue weighted by Crippen LogP contribution is 2.34. The first-order chi connectivity index (χ1) is 8.83. The van der Waals surface area contributed by atoms with Crippen molar-refractivity contribution in [3.8, 4) is 0 Å². The van der Waals surface area contributed by atoms with Crippen LogP contribution in [0.3, 0.4) is 0 Å². The molecule has 1 nitrogen and oxygen atoms in total. The van der Waals surface area contributed by atoms with Crippen molar-refractivity contribution < 1.29 is 0 Å². The maximum Gasteiger partial charge on any atom is 0.109 e. The molecule has 3 heteroatoms. The number of fused-ring (bicyclic) bond motifs is 3. The molecule has 1 heterocycles. The zero-order valence-electron chi connectivity index (χ0n) is 9.55. The van der Waals surface area contributed by atoms with Gasteiger partial charge in [-0.25, -0.2) is 0 Å². The highest BCUT2D eigenvalue weighted by Gasteiger charge is 2.13. The van der Waals surface area contributed by atoms with Gasteiger partial charge in [-0.2, -0.15) is 0 Å². The number of hydrogen-bond acceptors (Lipinski definition) is 0. The van der Waals surface area contributed by atoms with Gasteiger partial charge in [0.2, 0.25) is 0 Å². The summed E-state index contributed by atoms with van der Waals surface area (Å²) in [5, 5.41) is 2.58. The lowest BCUT2D eigenvalue weighted by Gasteiger charge is -2.10. The van der Waals surface area contributed by atoms with Gasteiger partial charge in [-0.05, 0) is 23.2 Å². The Kier molecular flexibility index (Phi) is 3.27. The number of rotatable bonds is 2. The summed E-state index contributed by atoms with van der Waals surface area (Å²) < 4.78 is 2.29. The maximum atomic E-state index is 3.71. The van der Waals surface area contributed by atoms with Crippen LogP contribution in [0.15, 0.2) is 59.6 Å². The van der Waals surface area contributed by atoms with E-state index in [1.165, 1.54) is 21.8 Å². The van der Waals surface area contributed by atoms with E-state index in [1.807, 2.05) is 4.99 Å². The van der Waals surface area contributed by atoms with Crippen molar-refractivity contribution in [2.24, 2.45) is 0 Å². The van der Waals surface area contributed by atoms with Gasteiger partial charge in [0.05, 0.1) is 11.0 Å². The van der Waals surface area contributed by atoms with Gasteiger partial charge in [0, 0.05) is 10.8 Å². The number of hydrogen-bond donors (Lipinski definition) is 0. The van der Waals surface area contributed by atoms with E-state index in [0.717, 1.165) is 0 Å². The molecule has 3 rings (SSSR count). The van der Waals surface area contributed by atoms with Crippen LogP contribution < -0.4 is 0 Å². The van der Waals surface area contributed by atoms with Crippen LogP contribution in [-0.4, -0.2) is 4.57 Å². The van der Waals surface area contributed by atoms with E-state index < -0.39 is 0 Å². The third kappa shape index (κ3) is 1.82. The van der Waals surface area contributed by atoms with E-state index in [9.17, 15) is 0 Å². The van der Waals surface area contributed by atoms with Crippen LogP contribution in [0.4, 0.5) is 0 Å². The highest BCUT2D eigenvalue weighted by atomic mass is 79.9. The number of benzene rings is 2. The quantitative estimate of drug-likeness (QED) is 0.522. The summed E-state index contributed by atoms with van der Waals surface area (Å²) in [7, 11) is 0. The number of nitrogens with zero attached hydrogens (tertiary/aromatic N) is 1. The van der Waals surface area contributed by atoms with Gasteiger partial charge in [-0.15, -0.1) is 0 Å². The average molecular weight is 365 g/mol. The first-order valence-electron chi connectivity index (χ1n) is 5.71. The van der Waals surface area contributed by atoms with Gasteiger partial charge in [-0.3, -0.25) is 0 Å². The van der Waals surface area contributed by atoms with Crippen LogP contribution in [0.2, 0.25) is 0 Å². The Bertz CT molecular complexity index is 674. The lowest BCUT2D eigenvalue weighted by molar-refractivity contribution is 0.890. The van der Waals surface area contributed by atoms with E-state index in [-0.39, 0.29) is 4.95 Å². The van der Waals surface area contributed by atoms with Crippen molar-refractivity contribution >= 4 is 53.7 Å². The Labute approximate surface area is 122 Å². The molecule has 90 valence electrons. The lowest BCUT2D eigenvalue weighted by atomic mass is 10.2. The fraction of sp³-hybridized carbons (Fsp3) is 0.0667. The van der Waals surface area contributed by atoms with Crippen LogP contribution in [0, 0.1) is 0 Å². The van der Waals surface area contributed by atoms with Crippen LogP contribution in [-0.2, 0) is 0 Å². The summed E-state index contributed by atoms with van der Waals surface area (Å²) in [6.07, 6.45) is 2.07. The van der Waals surface area contributed by atoms with Crippen LogP contribution in [0.25, 0.3) is 21.8 Å². The molecular weight excluding hydrogens is 354 g/mol. The third-order valence-electron chi connectivity index (χ3n) is 3.10. The highest BCUT2D eigenvalue weighted by molar-refractivity contribution is 9.11. The molecule has 0 saturated heterocycles. The Balaban J connectivity index is 2.45. The first-order valence-corrected chi connectivity index (χ1v) is 7.54. The van der Waals surface area contributed by atoms with E-state index in [2.05, 4.69) is 91.0 Å². The SMILES string of the molecule is BrC=CC(Br)n1c2ccccc2c2ccccc21. The summed E-state index contributed by atoms with van der Waals surface area (Å²) in [6.45, 7) is 0.